The Morgan fingerprint density at radius 2 is 1.68 bits per heavy atom. The number of para-hydroxylation sites is 1. The highest BCUT2D eigenvalue weighted by atomic mass is 35.5. The second-order valence-electron chi connectivity index (χ2n) is 8.49. The summed E-state index contributed by atoms with van der Waals surface area (Å²) in [5.41, 5.74) is 2.45. The predicted molar refractivity (Wildman–Crippen MR) is 136 cm³/mol. The van der Waals surface area contributed by atoms with E-state index >= 15 is 0 Å². The van der Waals surface area contributed by atoms with Gasteiger partial charge in [0.05, 0.1) is 21.6 Å². The number of nitrogens with one attached hydrogen (secondary N) is 2. The monoisotopic (exact) mass is 499 g/mol. The molecule has 34 heavy (non-hydrogen) atoms. The van der Waals surface area contributed by atoms with Crippen molar-refractivity contribution in [1.82, 2.24) is 18.7 Å². The molecule has 1 fully saturated rings. The van der Waals surface area contributed by atoms with Gasteiger partial charge in [0.15, 0.2) is 0 Å². The van der Waals surface area contributed by atoms with Gasteiger partial charge in [-0.2, -0.15) is 0 Å². The molecule has 0 spiro atoms. The highest BCUT2D eigenvalue weighted by Gasteiger charge is 2.24. The number of H-pyrrole nitrogens is 2. The van der Waals surface area contributed by atoms with Gasteiger partial charge in [-0.15, -0.1) is 3.82 Å². The number of hydrogen-bond donors (Lipinski definition) is 2. The second kappa shape index (κ2) is 9.42. The van der Waals surface area contributed by atoms with Crippen molar-refractivity contribution in [3.8, 4) is 0 Å². The summed E-state index contributed by atoms with van der Waals surface area (Å²) in [4.78, 5) is 22.1. The normalized spacial score (nSPS) is 15.5. The quantitative estimate of drug-likeness (QED) is 0.380. The van der Waals surface area contributed by atoms with Gasteiger partial charge in [0.25, 0.3) is 10.0 Å². The third kappa shape index (κ3) is 4.56. The van der Waals surface area contributed by atoms with Crippen molar-refractivity contribution in [3.05, 3.63) is 71.1 Å². The topological polar surface area (TPSA) is 92.5 Å². The molecule has 0 aliphatic carbocycles. The smallest absolute Gasteiger partial charge is 0.323 e. The molecule has 1 aliphatic rings. The predicted octanol–water partition coefficient (Wildman–Crippen LogP) is 3.37. The van der Waals surface area contributed by atoms with Crippen LogP contribution in [0.2, 0.25) is 0 Å². The molecule has 0 amide bonds. The summed E-state index contributed by atoms with van der Waals surface area (Å²) >= 11 is 6.22. The number of benzene rings is 3. The first-order valence-corrected chi connectivity index (χ1v) is 13.1. The van der Waals surface area contributed by atoms with Crippen LogP contribution < -0.4 is 10.6 Å². The molecule has 0 atom stereocenters. The molecule has 1 aliphatic heterocycles. The molecule has 2 heterocycles. The number of fused-ring (bicyclic) bond motifs is 2. The highest BCUT2D eigenvalue weighted by molar-refractivity contribution is 7.90. The molecule has 10 heteroatoms. The molecule has 0 unspecified atom stereocenters. The minimum atomic E-state index is -3.76. The van der Waals surface area contributed by atoms with E-state index in [1.807, 2.05) is 42.5 Å². The summed E-state index contributed by atoms with van der Waals surface area (Å²) in [6.07, 6.45) is 0.636. The average Bonchev–Trinajstić information content (AvgIpc) is 3.24. The van der Waals surface area contributed by atoms with Gasteiger partial charge in [-0.05, 0) is 59.8 Å². The third-order valence-corrected chi connectivity index (χ3v) is 8.60. The summed E-state index contributed by atoms with van der Waals surface area (Å²) in [5, 5.41) is 1.85. The van der Waals surface area contributed by atoms with Gasteiger partial charge in [0, 0.05) is 32.7 Å². The van der Waals surface area contributed by atoms with Crippen LogP contribution in [0.15, 0.2) is 70.4 Å². The van der Waals surface area contributed by atoms with E-state index in [4.69, 9.17) is 11.8 Å². The lowest BCUT2D eigenvalue weighted by molar-refractivity contribution is 0.252. The van der Waals surface area contributed by atoms with E-state index in [1.165, 1.54) is 0 Å². The lowest BCUT2D eigenvalue weighted by Gasteiger charge is -2.36. The van der Waals surface area contributed by atoms with Crippen LogP contribution in [0.5, 0.6) is 0 Å². The van der Waals surface area contributed by atoms with Gasteiger partial charge in [-0.1, -0.05) is 36.4 Å². The van der Waals surface area contributed by atoms with E-state index in [0.717, 1.165) is 64.0 Å². The summed E-state index contributed by atoms with van der Waals surface area (Å²) in [6, 6.07) is 18.6. The zero-order chi connectivity index (χ0) is 23.7. The maximum Gasteiger partial charge on any atom is 0.323 e. The van der Waals surface area contributed by atoms with Crippen LogP contribution in [0.4, 0.5) is 5.69 Å². The number of piperazine rings is 1. The van der Waals surface area contributed by atoms with Gasteiger partial charge in [-0.3, -0.25) is 4.90 Å². The van der Waals surface area contributed by atoms with Crippen LogP contribution in [-0.4, -0.2) is 66.4 Å². The Morgan fingerprint density at radius 1 is 0.912 bits per heavy atom. The molecule has 178 valence electrons. The van der Waals surface area contributed by atoms with E-state index < -0.39 is 10.0 Å². The zero-order valence-electron chi connectivity index (χ0n) is 18.6. The number of aromatic amines is 2. The molecular formula is C24H26ClN5O3S. The first-order chi connectivity index (χ1) is 16.4. The summed E-state index contributed by atoms with van der Waals surface area (Å²) < 4.78 is 26.8. The molecule has 2 N–H and O–H groups in total. The van der Waals surface area contributed by atoms with E-state index in [-0.39, 0.29) is 17.1 Å². The van der Waals surface area contributed by atoms with Crippen LogP contribution in [0, 0.1) is 0 Å². The summed E-state index contributed by atoms with van der Waals surface area (Å²) in [5.74, 6) is 0. The molecule has 0 bridgehead atoms. The Bertz CT molecular complexity index is 1470. The average molecular weight is 500 g/mol. The molecule has 8 nitrogen and oxygen atoms in total. The molecule has 4 aromatic rings. The maximum atomic E-state index is 12.9. The van der Waals surface area contributed by atoms with Crippen molar-refractivity contribution in [2.75, 3.05) is 44.2 Å². The van der Waals surface area contributed by atoms with E-state index in [9.17, 15) is 13.2 Å². The molecular weight excluding hydrogens is 474 g/mol. The van der Waals surface area contributed by atoms with Crippen LogP contribution in [0.1, 0.15) is 6.42 Å². The van der Waals surface area contributed by atoms with E-state index in [1.54, 1.807) is 18.2 Å². The highest BCUT2D eigenvalue weighted by Crippen LogP contribution is 2.25. The van der Waals surface area contributed by atoms with Crippen molar-refractivity contribution in [1.29, 1.82) is 0 Å². The van der Waals surface area contributed by atoms with Crippen molar-refractivity contribution < 1.29 is 8.42 Å². The standard InChI is InChI=1S/C24H26ClN5O3S/c25-30(34(32,33)20-10-9-18-5-1-2-6-19(18)17-20)12-4-11-28-13-15-29(16-14-28)22-8-3-7-21-23(22)27-24(31)26-21/h1-3,5-10,17H,4,11-16H2,(H2,26,27,31). The molecule has 0 radical (unpaired) electrons. The van der Waals surface area contributed by atoms with E-state index in [2.05, 4.69) is 19.8 Å². The maximum absolute atomic E-state index is 12.9. The molecule has 1 aromatic heterocycles. The Balaban J connectivity index is 1.15. The minimum absolute atomic E-state index is 0.201. The summed E-state index contributed by atoms with van der Waals surface area (Å²) in [7, 11) is -3.76. The number of halogens is 1. The van der Waals surface area contributed by atoms with Crippen LogP contribution in [0.3, 0.4) is 0 Å². The Morgan fingerprint density at radius 3 is 2.47 bits per heavy atom. The number of sulfonamides is 1. The number of imidazole rings is 1. The van der Waals surface area contributed by atoms with Gasteiger partial charge in [0.2, 0.25) is 0 Å². The lowest BCUT2D eigenvalue weighted by atomic mass is 10.1. The van der Waals surface area contributed by atoms with Crippen molar-refractivity contribution in [3.63, 3.8) is 0 Å². The minimum Gasteiger partial charge on any atom is -0.367 e. The fourth-order valence-electron chi connectivity index (χ4n) is 4.50. The third-order valence-electron chi connectivity index (χ3n) is 6.33. The van der Waals surface area contributed by atoms with Gasteiger partial charge in [0.1, 0.15) is 0 Å². The molecule has 0 saturated carbocycles. The number of nitrogens with zero attached hydrogens (tertiary/aromatic N) is 3. The Hall–Kier alpha value is -2.85. The Kier molecular flexibility index (Phi) is 6.35. The fraction of sp³-hybridized carbons (Fsp3) is 0.292. The van der Waals surface area contributed by atoms with Crippen LogP contribution in [0.25, 0.3) is 21.8 Å². The number of hydrogen-bond acceptors (Lipinski definition) is 5. The number of aromatic nitrogens is 2. The first-order valence-electron chi connectivity index (χ1n) is 11.3. The zero-order valence-corrected chi connectivity index (χ0v) is 20.1. The van der Waals surface area contributed by atoms with Crippen molar-refractivity contribution >= 4 is 49.3 Å². The SMILES string of the molecule is O=c1[nH]c2cccc(N3CCN(CCCN(Cl)S(=O)(=O)c4ccc5ccccc5c4)CC3)c2[nH]1. The fourth-order valence-corrected chi connectivity index (χ4v) is 5.97. The largest absolute Gasteiger partial charge is 0.367 e. The van der Waals surface area contributed by atoms with Gasteiger partial charge in [-0.25, -0.2) is 13.2 Å². The summed E-state index contributed by atoms with van der Waals surface area (Å²) in [6.45, 7) is 4.35. The molecule has 1 saturated heterocycles. The van der Waals surface area contributed by atoms with Crippen molar-refractivity contribution in [2.45, 2.75) is 11.3 Å². The molecule has 5 rings (SSSR count). The van der Waals surface area contributed by atoms with Crippen LogP contribution in [-0.2, 0) is 10.0 Å². The van der Waals surface area contributed by atoms with E-state index in [0.29, 0.717) is 6.42 Å². The number of anilines is 1. The molecule has 3 aromatic carbocycles. The van der Waals surface area contributed by atoms with Crippen LogP contribution >= 0.6 is 11.8 Å². The lowest BCUT2D eigenvalue weighted by Crippen LogP contribution is -2.47. The first kappa shape index (κ1) is 22.9. The van der Waals surface area contributed by atoms with Gasteiger partial charge >= 0.3 is 5.69 Å². The van der Waals surface area contributed by atoms with Gasteiger partial charge < -0.3 is 14.9 Å². The number of rotatable bonds is 7. The van der Waals surface area contributed by atoms with Crippen molar-refractivity contribution in [2.24, 2.45) is 0 Å². The second-order valence-corrected chi connectivity index (χ2v) is 11.0. The Labute approximate surface area is 202 Å².